The molecule has 19 heavy (non-hydrogen) atoms. The highest BCUT2D eigenvalue weighted by Gasteiger charge is 2.02. The average molecular weight is 259 g/mol. The zero-order valence-electron chi connectivity index (χ0n) is 10.3. The largest absolute Gasteiger partial charge is 0.478 e. The Bertz CT molecular complexity index is 567. The lowest BCUT2D eigenvalue weighted by Crippen LogP contribution is -2.06. The molecule has 0 saturated carbocycles. The summed E-state index contributed by atoms with van der Waals surface area (Å²) in [4.78, 5) is 10.7. The number of nitrogens with one attached hydrogen (secondary N) is 1. The third-order valence-corrected chi connectivity index (χ3v) is 2.81. The number of carboxylic acid groups (broad SMARTS) is 1. The number of carbonyl (C=O) groups is 1. The quantitative estimate of drug-likeness (QED) is 0.867. The lowest BCUT2D eigenvalue weighted by atomic mass is 10.1. The molecule has 0 fully saturated rings. The number of aromatic carboxylic acids is 1. The van der Waals surface area contributed by atoms with Crippen molar-refractivity contribution in [1.29, 1.82) is 0 Å². The topological polar surface area (TPSA) is 49.3 Å². The first-order valence-corrected chi connectivity index (χ1v) is 5.97. The van der Waals surface area contributed by atoms with Gasteiger partial charge in [0.2, 0.25) is 0 Å². The Balaban J connectivity index is 1.89. The van der Waals surface area contributed by atoms with E-state index in [0.717, 1.165) is 5.69 Å². The molecule has 0 bridgehead atoms. The second-order valence-electron chi connectivity index (χ2n) is 4.15. The summed E-state index contributed by atoms with van der Waals surface area (Å²) < 4.78 is 13.4. The summed E-state index contributed by atoms with van der Waals surface area (Å²) in [5.41, 5.74) is 1.73. The molecule has 0 saturated heterocycles. The molecular weight excluding hydrogens is 245 g/mol. The monoisotopic (exact) mass is 259 g/mol. The van der Waals surface area contributed by atoms with E-state index in [1.165, 1.54) is 18.2 Å². The second kappa shape index (κ2) is 6.00. The van der Waals surface area contributed by atoms with Crippen molar-refractivity contribution < 1.29 is 14.3 Å². The Morgan fingerprint density at radius 2 is 1.79 bits per heavy atom. The number of hydrogen-bond donors (Lipinski definition) is 2. The van der Waals surface area contributed by atoms with E-state index >= 15 is 0 Å². The molecule has 2 N–H and O–H groups in total. The van der Waals surface area contributed by atoms with E-state index in [-0.39, 0.29) is 11.4 Å². The van der Waals surface area contributed by atoms with Gasteiger partial charge in [0.1, 0.15) is 5.82 Å². The number of rotatable bonds is 5. The lowest BCUT2D eigenvalue weighted by molar-refractivity contribution is 0.0697. The third kappa shape index (κ3) is 3.55. The van der Waals surface area contributed by atoms with E-state index in [1.54, 1.807) is 30.3 Å². The number of halogens is 1. The highest BCUT2D eigenvalue weighted by Crippen LogP contribution is 2.11. The van der Waals surface area contributed by atoms with Gasteiger partial charge in [-0.3, -0.25) is 0 Å². The summed E-state index contributed by atoms with van der Waals surface area (Å²) in [6.07, 6.45) is 0.577. The molecule has 0 atom stereocenters. The minimum atomic E-state index is -0.946. The molecule has 0 aliphatic heterocycles. The first-order valence-electron chi connectivity index (χ1n) is 5.97. The van der Waals surface area contributed by atoms with Gasteiger partial charge in [-0.15, -0.1) is 0 Å². The number of benzene rings is 2. The van der Waals surface area contributed by atoms with E-state index in [2.05, 4.69) is 5.32 Å². The van der Waals surface area contributed by atoms with Crippen molar-refractivity contribution in [2.75, 3.05) is 11.9 Å². The van der Waals surface area contributed by atoms with Crippen LogP contribution in [0, 0.1) is 5.82 Å². The summed E-state index contributed by atoms with van der Waals surface area (Å²) in [6, 6.07) is 13.1. The molecule has 2 aromatic carbocycles. The van der Waals surface area contributed by atoms with Gasteiger partial charge in [0, 0.05) is 12.2 Å². The predicted octanol–water partition coefficient (Wildman–Crippen LogP) is 3.18. The highest BCUT2D eigenvalue weighted by molar-refractivity contribution is 5.87. The van der Waals surface area contributed by atoms with Crippen molar-refractivity contribution in [3.05, 3.63) is 65.5 Å². The molecule has 0 heterocycles. The number of carboxylic acids is 1. The standard InChI is InChI=1S/C15H14FNO2/c16-14-4-2-1-3-11(14)9-10-17-13-7-5-12(6-8-13)15(18)19/h1-8,17H,9-10H2,(H,18,19). The molecule has 2 rings (SSSR count). The molecule has 0 spiro atoms. The van der Waals surface area contributed by atoms with Gasteiger partial charge < -0.3 is 10.4 Å². The molecule has 0 unspecified atom stereocenters. The highest BCUT2D eigenvalue weighted by atomic mass is 19.1. The molecule has 0 amide bonds. The zero-order chi connectivity index (χ0) is 13.7. The van der Waals surface area contributed by atoms with Gasteiger partial charge >= 0.3 is 5.97 Å². The normalized spacial score (nSPS) is 10.2. The van der Waals surface area contributed by atoms with Crippen molar-refractivity contribution in [1.82, 2.24) is 0 Å². The zero-order valence-corrected chi connectivity index (χ0v) is 10.3. The number of anilines is 1. The van der Waals surface area contributed by atoms with Crippen molar-refractivity contribution >= 4 is 11.7 Å². The molecular formula is C15H14FNO2. The van der Waals surface area contributed by atoms with E-state index in [1.807, 2.05) is 0 Å². The van der Waals surface area contributed by atoms with Crippen LogP contribution in [0.25, 0.3) is 0 Å². The van der Waals surface area contributed by atoms with Gasteiger partial charge in [0.05, 0.1) is 5.56 Å². The Morgan fingerprint density at radius 1 is 1.11 bits per heavy atom. The van der Waals surface area contributed by atoms with Crippen LogP contribution >= 0.6 is 0 Å². The van der Waals surface area contributed by atoms with Gasteiger partial charge in [0.25, 0.3) is 0 Å². The van der Waals surface area contributed by atoms with Crippen LogP contribution in [0.3, 0.4) is 0 Å². The van der Waals surface area contributed by atoms with Crippen molar-refractivity contribution in [3.63, 3.8) is 0 Å². The molecule has 0 aliphatic carbocycles. The van der Waals surface area contributed by atoms with Gasteiger partial charge in [-0.25, -0.2) is 9.18 Å². The second-order valence-corrected chi connectivity index (χ2v) is 4.15. The van der Waals surface area contributed by atoms with Crippen LogP contribution in [-0.2, 0) is 6.42 Å². The molecule has 2 aromatic rings. The smallest absolute Gasteiger partial charge is 0.335 e. The van der Waals surface area contributed by atoms with E-state index < -0.39 is 5.97 Å². The lowest BCUT2D eigenvalue weighted by Gasteiger charge is -2.07. The SMILES string of the molecule is O=C(O)c1ccc(NCCc2ccccc2F)cc1. The minimum absolute atomic E-state index is 0.203. The number of hydrogen-bond acceptors (Lipinski definition) is 2. The summed E-state index contributed by atoms with van der Waals surface area (Å²) >= 11 is 0. The molecule has 0 aliphatic rings. The maximum absolute atomic E-state index is 13.4. The first kappa shape index (κ1) is 13.1. The third-order valence-electron chi connectivity index (χ3n) is 2.81. The first-order chi connectivity index (χ1) is 9.16. The van der Waals surface area contributed by atoms with E-state index in [4.69, 9.17) is 5.11 Å². The van der Waals surface area contributed by atoms with Crippen LogP contribution in [0.4, 0.5) is 10.1 Å². The van der Waals surface area contributed by atoms with Crippen LogP contribution in [-0.4, -0.2) is 17.6 Å². The van der Waals surface area contributed by atoms with Crippen LogP contribution in [0.2, 0.25) is 0 Å². The maximum atomic E-state index is 13.4. The van der Waals surface area contributed by atoms with Crippen LogP contribution in [0.15, 0.2) is 48.5 Å². The van der Waals surface area contributed by atoms with Crippen molar-refractivity contribution in [2.45, 2.75) is 6.42 Å². The van der Waals surface area contributed by atoms with Gasteiger partial charge in [-0.2, -0.15) is 0 Å². The summed E-state index contributed by atoms with van der Waals surface area (Å²) in [6.45, 7) is 0.591. The summed E-state index contributed by atoms with van der Waals surface area (Å²) in [5, 5.41) is 11.9. The van der Waals surface area contributed by atoms with Crippen LogP contribution in [0.5, 0.6) is 0 Å². The Hall–Kier alpha value is -2.36. The van der Waals surface area contributed by atoms with E-state index in [9.17, 15) is 9.18 Å². The molecule has 3 nitrogen and oxygen atoms in total. The van der Waals surface area contributed by atoms with Crippen LogP contribution < -0.4 is 5.32 Å². The Kier molecular flexibility index (Phi) is 4.13. The summed E-state index contributed by atoms with van der Waals surface area (Å²) in [7, 11) is 0. The molecule has 98 valence electrons. The fourth-order valence-corrected chi connectivity index (χ4v) is 1.77. The van der Waals surface area contributed by atoms with E-state index in [0.29, 0.717) is 18.5 Å². The minimum Gasteiger partial charge on any atom is -0.478 e. The van der Waals surface area contributed by atoms with Crippen LogP contribution in [0.1, 0.15) is 15.9 Å². The predicted molar refractivity (Wildman–Crippen MR) is 72.0 cm³/mol. The average Bonchev–Trinajstić information content (AvgIpc) is 2.41. The molecule has 4 heteroatoms. The van der Waals surface area contributed by atoms with Gasteiger partial charge in [-0.05, 0) is 42.3 Å². The summed E-state index contributed by atoms with van der Waals surface area (Å²) in [5.74, 6) is -1.15. The molecule has 0 aromatic heterocycles. The Morgan fingerprint density at radius 3 is 2.42 bits per heavy atom. The van der Waals surface area contributed by atoms with Crippen molar-refractivity contribution in [3.8, 4) is 0 Å². The Labute approximate surface area is 110 Å². The fourth-order valence-electron chi connectivity index (χ4n) is 1.77. The van der Waals surface area contributed by atoms with Gasteiger partial charge in [-0.1, -0.05) is 18.2 Å². The van der Waals surface area contributed by atoms with Crippen molar-refractivity contribution in [2.24, 2.45) is 0 Å². The maximum Gasteiger partial charge on any atom is 0.335 e. The molecule has 0 radical (unpaired) electrons. The fraction of sp³-hybridized carbons (Fsp3) is 0.133. The van der Waals surface area contributed by atoms with Gasteiger partial charge in [0.15, 0.2) is 0 Å².